The number of nitrogens with zero attached hydrogens (tertiary/aromatic N) is 2. The molecule has 0 atom stereocenters. The normalized spacial score (nSPS) is 12.0. The van der Waals surface area contributed by atoms with Gasteiger partial charge < -0.3 is 14.8 Å². The first-order chi connectivity index (χ1) is 15.1. The van der Waals surface area contributed by atoms with Crippen LogP contribution in [0.2, 0.25) is 0 Å². The van der Waals surface area contributed by atoms with E-state index in [0.717, 1.165) is 10.6 Å². The number of aromatic nitrogens is 2. The number of thiophene rings is 1. The maximum absolute atomic E-state index is 13.3. The van der Waals surface area contributed by atoms with Gasteiger partial charge in [0, 0.05) is 17.8 Å². The number of para-hydroxylation sites is 1. The molecule has 0 bridgehead atoms. The van der Waals surface area contributed by atoms with E-state index in [-0.39, 0.29) is 18.5 Å². The van der Waals surface area contributed by atoms with Crippen molar-refractivity contribution in [2.24, 2.45) is 0 Å². The van der Waals surface area contributed by atoms with E-state index >= 15 is 0 Å². The third kappa shape index (κ3) is 3.57. The molecule has 154 valence electrons. The second-order valence-corrected chi connectivity index (χ2v) is 7.86. The SMILES string of the molecule is CC(=O)c1cc2c(cc1NC(=O)c1cn(-c3ccccc3)nc1-c1cccs1)OCO2. The van der Waals surface area contributed by atoms with Crippen LogP contribution in [0, 0.1) is 0 Å². The van der Waals surface area contributed by atoms with Crippen molar-refractivity contribution in [1.29, 1.82) is 0 Å². The third-order valence-corrected chi connectivity index (χ3v) is 5.75. The monoisotopic (exact) mass is 431 g/mol. The van der Waals surface area contributed by atoms with Crippen LogP contribution >= 0.6 is 11.3 Å². The number of Topliss-reactive ketones (excluding diaryl/α,β-unsaturated/α-hetero) is 1. The summed E-state index contributed by atoms with van der Waals surface area (Å²) < 4.78 is 12.4. The van der Waals surface area contributed by atoms with Gasteiger partial charge in [0.25, 0.3) is 5.91 Å². The van der Waals surface area contributed by atoms with Crippen LogP contribution in [0.15, 0.2) is 66.2 Å². The van der Waals surface area contributed by atoms with Crippen LogP contribution in [0.5, 0.6) is 11.5 Å². The summed E-state index contributed by atoms with van der Waals surface area (Å²) in [6.07, 6.45) is 1.69. The number of hydrogen-bond acceptors (Lipinski definition) is 6. The van der Waals surface area contributed by atoms with Gasteiger partial charge in [-0.1, -0.05) is 24.3 Å². The number of ketones is 1. The molecule has 2 aromatic carbocycles. The summed E-state index contributed by atoms with van der Waals surface area (Å²) in [7, 11) is 0. The summed E-state index contributed by atoms with van der Waals surface area (Å²) in [4.78, 5) is 26.3. The highest BCUT2D eigenvalue weighted by atomic mass is 32.1. The minimum atomic E-state index is -0.369. The molecule has 0 fully saturated rings. The predicted octanol–water partition coefficient (Wildman–Crippen LogP) is 4.78. The summed E-state index contributed by atoms with van der Waals surface area (Å²) in [5.41, 5.74) is 2.53. The first-order valence-electron chi connectivity index (χ1n) is 9.55. The quantitative estimate of drug-likeness (QED) is 0.460. The Hall–Kier alpha value is -3.91. The van der Waals surface area contributed by atoms with Crippen LogP contribution in [0.4, 0.5) is 5.69 Å². The molecule has 7 nitrogen and oxygen atoms in total. The molecule has 1 aliphatic rings. The molecular formula is C23H17N3O4S. The highest BCUT2D eigenvalue weighted by Crippen LogP contribution is 2.38. The molecule has 3 heterocycles. The van der Waals surface area contributed by atoms with E-state index in [4.69, 9.17) is 9.47 Å². The van der Waals surface area contributed by atoms with Crippen molar-refractivity contribution in [2.75, 3.05) is 12.1 Å². The number of anilines is 1. The van der Waals surface area contributed by atoms with Gasteiger partial charge >= 0.3 is 0 Å². The molecule has 0 radical (unpaired) electrons. The number of amides is 1. The molecular weight excluding hydrogens is 414 g/mol. The number of fused-ring (bicyclic) bond motifs is 1. The van der Waals surface area contributed by atoms with Gasteiger partial charge in [0.15, 0.2) is 17.3 Å². The fourth-order valence-electron chi connectivity index (χ4n) is 3.37. The Morgan fingerprint density at radius 2 is 1.81 bits per heavy atom. The second kappa shape index (κ2) is 7.73. The van der Waals surface area contributed by atoms with Crippen molar-refractivity contribution < 1.29 is 19.1 Å². The first-order valence-corrected chi connectivity index (χ1v) is 10.4. The van der Waals surface area contributed by atoms with Gasteiger partial charge in [-0.3, -0.25) is 9.59 Å². The minimum Gasteiger partial charge on any atom is -0.454 e. The number of hydrogen-bond donors (Lipinski definition) is 1. The molecule has 5 rings (SSSR count). The largest absolute Gasteiger partial charge is 0.454 e. The zero-order valence-corrected chi connectivity index (χ0v) is 17.3. The van der Waals surface area contributed by atoms with Gasteiger partial charge in [-0.25, -0.2) is 4.68 Å². The Morgan fingerprint density at radius 3 is 2.52 bits per heavy atom. The lowest BCUT2D eigenvalue weighted by atomic mass is 10.1. The lowest BCUT2D eigenvalue weighted by Crippen LogP contribution is -2.14. The van der Waals surface area contributed by atoms with Crippen molar-refractivity contribution in [3.05, 3.63) is 77.3 Å². The number of benzene rings is 2. The first kappa shape index (κ1) is 19.1. The van der Waals surface area contributed by atoms with Crippen LogP contribution in [-0.2, 0) is 0 Å². The Kier molecular flexibility index (Phi) is 4.76. The van der Waals surface area contributed by atoms with Gasteiger partial charge in [0.1, 0.15) is 5.69 Å². The molecule has 0 spiro atoms. The zero-order valence-electron chi connectivity index (χ0n) is 16.5. The molecule has 1 amide bonds. The number of rotatable bonds is 5. The van der Waals surface area contributed by atoms with E-state index in [1.165, 1.54) is 18.3 Å². The van der Waals surface area contributed by atoms with Crippen molar-refractivity contribution in [3.63, 3.8) is 0 Å². The second-order valence-electron chi connectivity index (χ2n) is 6.91. The summed E-state index contributed by atoms with van der Waals surface area (Å²) in [5.74, 6) is 0.414. The molecule has 2 aromatic heterocycles. The van der Waals surface area contributed by atoms with Crippen LogP contribution in [0.25, 0.3) is 16.3 Å². The number of carbonyl (C=O) groups is 2. The minimum absolute atomic E-state index is 0.0798. The molecule has 8 heteroatoms. The van der Waals surface area contributed by atoms with Gasteiger partial charge in [-0.2, -0.15) is 5.10 Å². The van der Waals surface area contributed by atoms with E-state index in [0.29, 0.717) is 34.0 Å². The number of ether oxygens (including phenoxy) is 2. The van der Waals surface area contributed by atoms with E-state index in [2.05, 4.69) is 10.4 Å². The summed E-state index contributed by atoms with van der Waals surface area (Å²) in [6, 6.07) is 16.6. The van der Waals surface area contributed by atoms with E-state index in [1.807, 2.05) is 47.8 Å². The van der Waals surface area contributed by atoms with Crippen LogP contribution in [0.1, 0.15) is 27.6 Å². The smallest absolute Gasteiger partial charge is 0.259 e. The van der Waals surface area contributed by atoms with E-state index in [1.54, 1.807) is 23.0 Å². The highest BCUT2D eigenvalue weighted by molar-refractivity contribution is 7.13. The highest BCUT2D eigenvalue weighted by Gasteiger charge is 2.24. The van der Waals surface area contributed by atoms with Gasteiger partial charge in [-0.05, 0) is 36.6 Å². The van der Waals surface area contributed by atoms with Gasteiger partial charge in [0.2, 0.25) is 6.79 Å². The van der Waals surface area contributed by atoms with Crippen molar-refractivity contribution in [2.45, 2.75) is 6.92 Å². The van der Waals surface area contributed by atoms with Gasteiger partial charge in [-0.15, -0.1) is 11.3 Å². The Bertz CT molecular complexity index is 1280. The maximum Gasteiger partial charge on any atom is 0.259 e. The van der Waals surface area contributed by atoms with Gasteiger partial charge in [0.05, 0.1) is 21.8 Å². The van der Waals surface area contributed by atoms with E-state index < -0.39 is 0 Å². The van der Waals surface area contributed by atoms with Crippen molar-refractivity contribution in [1.82, 2.24) is 9.78 Å². The molecule has 0 unspecified atom stereocenters. The van der Waals surface area contributed by atoms with Crippen molar-refractivity contribution >= 4 is 28.7 Å². The lowest BCUT2D eigenvalue weighted by molar-refractivity contribution is 0.101. The molecule has 4 aromatic rings. The Balaban J connectivity index is 1.55. The Labute approximate surface area is 181 Å². The number of nitrogens with one attached hydrogen (secondary N) is 1. The molecule has 0 aliphatic carbocycles. The molecule has 0 saturated carbocycles. The molecule has 1 aliphatic heterocycles. The fraction of sp³-hybridized carbons (Fsp3) is 0.0870. The molecule has 31 heavy (non-hydrogen) atoms. The Morgan fingerprint density at radius 1 is 1.03 bits per heavy atom. The molecule has 1 N–H and O–H groups in total. The fourth-order valence-corrected chi connectivity index (χ4v) is 4.10. The predicted molar refractivity (Wildman–Crippen MR) is 117 cm³/mol. The van der Waals surface area contributed by atoms with Crippen molar-refractivity contribution in [3.8, 4) is 27.8 Å². The number of carbonyl (C=O) groups excluding carboxylic acids is 2. The summed E-state index contributed by atoms with van der Waals surface area (Å²) in [6.45, 7) is 1.52. The average Bonchev–Trinajstić information content (AvgIpc) is 3.53. The van der Waals surface area contributed by atoms with E-state index in [9.17, 15) is 9.59 Å². The average molecular weight is 431 g/mol. The third-order valence-electron chi connectivity index (χ3n) is 4.87. The molecule has 0 saturated heterocycles. The van der Waals surface area contributed by atoms with Crippen LogP contribution in [0.3, 0.4) is 0 Å². The summed E-state index contributed by atoms with van der Waals surface area (Å²) in [5, 5.41) is 9.45. The van der Waals surface area contributed by atoms with Crippen LogP contribution < -0.4 is 14.8 Å². The summed E-state index contributed by atoms with van der Waals surface area (Å²) >= 11 is 1.50. The zero-order chi connectivity index (χ0) is 21.4. The topological polar surface area (TPSA) is 82.5 Å². The lowest BCUT2D eigenvalue weighted by Gasteiger charge is -2.10. The maximum atomic E-state index is 13.3. The standard InChI is InChI=1S/C23H17N3O4S/c1-14(27)16-10-19-20(30-13-29-19)11-18(16)24-23(28)17-12-26(15-6-3-2-4-7-15)25-22(17)21-8-5-9-31-21/h2-12H,13H2,1H3,(H,24,28). The van der Waals surface area contributed by atoms with Crippen LogP contribution in [-0.4, -0.2) is 28.3 Å².